The second-order valence-corrected chi connectivity index (χ2v) is 8.91. The Morgan fingerprint density at radius 1 is 1.03 bits per heavy atom. The van der Waals surface area contributed by atoms with Gasteiger partial charge in [-0.15, -0.1) is 0 Å². The number of carbonyl (C=O) groups excluding carboxylic acids is 1. The molecule has 3 aromatic rings. The molecule has 1 aliphatic heterocycles. The van der Waals surface area contributed by atoms with Gasteiger partial charge in [0.2, 0.25) is 0 Å². The number of benzene rings is 3. The number of ether oxygens (including phenoxy) is 1. The summed E-state index contributed by atoms with van der Waals surface area (Å²) in [4.78, 5) is 31.0. The van der Waals surface area contributed by atoms with Crippen LogP contribution in [0.3, 0.4) is 0 Å². The van der Waals surface area contributed by atoms with Gasteiger partial charge >= 0.3 is 12.1 Å². The number of fused-ring (bicyclic) bond motifs is 3. The van der Waals surface area contributed by atoms with E-state index in [2.05, 4.69) is 34.3 Å². The van der Waals surface area contributed by atoms with Gasteiger partial charge in [0.05, 0.1) is 5.56 Å². The highest BCUT2D eigenvalue weighted by Crippen LogP contribution is 2.44. The topological polar surface area (TPSA) is 119 Å². The minimum absolute atomic E-state index is 0.00347. The van der Waals surface area contributed by atoms with Gasteiger partial charge in [-0.25, -0.2) is 9.59 Å². The van der Waals surface area contributed by atoms with Gasteiger partial charge in [-0.3, -0.25) is 0 Å². The van der Waals surface area contributed by atoms with E-state index in [1.54, 1.807) is 24.0 Å². The van der Waals surface area contributed by atoms with Crippen molar-refractivity contribution in [2.24, 2.45) is 5.11 Å². The van der Waals surface area contributed by atoms with Gasteiger partial charge in [-0.05, 0) is 52.4 Å². The molecule has 2 aliphatic rings. The molecular formula is C27H25N5O4. The third kappa shape index (κ3) is 4.21. The van der Waals surface area contributed by atoms with Crippen LogP contribution in [0.1, 0.15) is 33.0 Å². The van der Waals surface area contributed by atoms with Gasteiger partial charge < -0.3 is 19.6 Å². The number of nitrogens with zero attached hydrogens (tertiary/aromatic N) is 5. The molecule has 0 spiro atoms. The Hall–Kier alpha value is -4.49. The number of carboxylic acids is 1. The normalized spacial score (nSPS) is 14.6. The maximum Gasteiger partial charge on any atom is 0.409 e. The lowest BCUT2D eigenvalue weighted by molar-refractivity contribution is 0.0696. The second-order valence-electron chi connectivity index (χ2n) is 8.91. The molecule has 1 saturated heterocycles. The summed E-state index contributed by atoms with van der Waals surface area (Å²) in [7, 11) is 0. The number of aromatic carboxylic acids is 1. The van der Waals surface area contributed by atoms with Crippen molar-refractivity contribution in [1.82, 2.24) is 4.90 Å². The van der Waals surface area contributed by atoms with Gasteiger partial charge in [-0.2, -0.15) is 0 Å². The lowest BCUT2D eigenvalue weighted by Gasteiger charge is -2.36. The van der Waals surface area contributed by atoms with E-state index in [4.69, 9.17) is 10.3 Å². The summed E-state index contributed by atoms with van der Waals surface area (Å²) in [6, 6.07) is 19.7. The van der Waals surface area contributed by atoms with Crippen molar-refractivity contribution in [3.05, 3.63) is 93.4 Å². The molecule has 1 aliphatic carbocycles. The Balaban J connectivity index is 1.24. The van der Waals surface area contributed by atoms with Gasteiger partial charge in [-0.1, -0.05) is 53.6 Å². The molecule has 9 heteroatoms. The molecule has 0 unspecified atom stereocenters. The van der Waals surface area contributed by atoms with Crippen LogP contribution >= 0.6 is 0 Å². The van der Waals surface area contributed by atoms with Crippen LogP contribution in [0.4, 0.5) is 16.2 Å². The zero-order valence-corrected chi connectivity index (χ0v) is 19.8. The third-order valence-corrected chi connectivity index (χ3v) is 6.99. The summed E-state index contributed by atoms with van der Waals surface area (Å²) in [5.74, 6) is -1.08. The number of piperazine rings is 1. The van der Waals surface area contributed by atoms with E-state index in [1.165, 1.54) is 22.3 Å². The van der Waals surface area contributed by atoms with Crippen LogP contribution in [-0.2, 0) is 4.74 Å². The summed E-state index contributed by atoms with van der Waals surface area (Å²) in [6.07, 6.45) is -0.360. The van der Waals surface area contributed by atoms with Crippen molar-refractivity contribution < 1.29 is 19.4 Å². The molecule has 182 valence electrons. The first-order chi connectivity index (χ1) is 17.5. The predicted molar refractivity (Wildman–Crippen MR) is 136 cm³/mol. The molecule has 0 bridgehead atoms. The number of hydrogen-bond acceptors (Lipinski definition) is 5. The molecule has 3 aromatic carbocycles. The van der Waals surface area contributed by atoms with Crippen molar-refractivity contribution >= 4 is 23.4 Å². The highest BCUT2D eigenvalue weighted by Gasteiger charge is 2.30. The molecule has 1 N–H and O–H groups in total. The van der Waals surface area contributed by atoms with E-state index >= 15 is 0 Å². The quantitative estimate of drug-likeness (QED) is 0.283. The van der Waals surface area contributed by atoms with Crippen LogP contribution in [-0.4, -0.2) is 54.9 Å². The Kier molecular flexibility index (Phi) is 6.23. The molecule has 36 heavy (non-hydrogen) atoms. The van der Waals surface area contributed by atoms with E-state index in [-0.39, 0.29) is 29.9 Å². The molecule has 1 heterocycles. The molecule has 0 saturated carbocycles. The van der Waals surface area contributed by atoms with Crippen molar-refractivity contribution in [3.63, 3.8) is 0 Å². The third-order valence-electron chi connectivity index (χ3n) is 6.99. The summed E-state index contributed by atoms with van der Waals surface area (Å²) >= 11 is 0. The molecule has 9 nitrogen and oxygen atoms in total. The number of rotatable bonds is 5. The van der Waals surface area contributed by atoms with Crippen molar-refractivity contribution in [2.75, 3.05) is 37.7 Å². The van der Waals surface area contributed by atoms with Crippen molar-refractivity contribution in [2.45, 2.75) is 12.8 Å². The molecule has 5 rings (SSSR count). The zero-order chi connectivity index (χ0) is 25.2. The molecular weight excluding hydrogens is 458 g/mol. The van der Waals surface area contributed by atoms with E-state index in [0.29, 0.717) is 37.4 Å². The summed E-state index contributed by atoms with van der Waals surface area (Å²) in [5.41, 5.74) is 15.0. The van der Waals surface area contributed by atoms with Crippen molar-refractivity contribution in [3.8, 4) is 11.1 Å². The van der Waals surface area contributed by atoms with E-state index in [0.717, 1.165) is 0 Å². The standard InChI is InChI=1S/C27H25N5O4/c1-17-23(26(33)34)14-18(15-25(17)29-30-28)31-10-12-32(13-11-31)27(35)36-16-24-21-8-4-2-6-19(21)20-7-3-5-9-22(20)24/h2-9,14-15,24H,10-13,16H2,1H3,(H,33,34). The van der Waals surface area contributed by atoms with E-state index in [9.17, 15) is 14.7 Å². The number of hydrogen-bond donors (Lipinski definition) is 1. The van der Waals surface area contributed by atoms with E-state index in [1.807, 2.05) is 29.2 Å². The molecule has 0 atom stereocenters. The summed E-state index contributed by atoms with van der Waals surface area (Å²) < 4.78 is 5.77. The van der Waals surface area contributed by atoms with Crippen LogP contribution < -0.4 is 4.90 Å². The lowest BCUT2D eigenvalue weighted by atomic mass is 9.98. The smallest absolute Gasteiger partial charge is 0.409 e. The summed E-state index contributed by atoms with van der Waals surface area (Å²) in [5, 5.41) is 13.2. The highest BCUT2D eigenvalue weighted by atomic mass is 16.6. The molecule has 1 amide bonds. The largest absolute Gasteiger partial charge is 0.478 e. The van der Waals surface area contributed by atoms with Gasteiger partial charge in [0.1, 0.15) is 6.61 Å². The monoisotopic (exact) mass is 483 g/mol. The zero-order valence-electron chi connectivity index (χ0n) is 19.8. The fraction of sp³-hybridized carbons (Fsp3) is 0.259. The Morgan fingerprint density at radius 3 is 2.22 bits per heavy atom. The van der Waals surface area contributed by atoms with Crippen LogP contribution in [0.5, 0.6) is 0 Å². The molecule has 1 fully saturated rings. The first-order valence-corrected chi connectivity index (χ1v) is 11.8. The number of carboxylic acid groups (broad SMARTS) is 1. The van der Waals surface area contributed by atoms with Crippen LogP contribution in [0.15, 0.2) is 65.8 Å². The van der Waals surface area contributed by atoms with Crippen LogP contribution in [0, 0.1) is 6.92 Å². The number of carbonyl (C=O) groups is 2. The molecule has 0 radical (unpaired) electrons. The second kappa shape index (κ2) is 9.64. The summed E-state index contributed by atoms with van der Waals surface area (Å²) in [6.45, 7) is 3.76. The predicted octanol–water partition coefficient (Wildman–Crippen LogP) is 5.71. The van der Waals surface area contributed by atoms with Gasteiger partial charge in [0.15, 0.2) is 0 Å². The fourth-order valence-corrected chi connectivity index (χ4v) is 5.07. The minimum Gasteiger partial charge on any atom is -0.478 e. The Morgan fingerprint density at radius 2 is 1.64 bits per heavy atom. The average molecular weight is 484 g/mol. The first kappa shape index (κ1) is 23.3. The Labute approximate surface area is 208 Å². The van der Waals surface area contributed by atoms with Crippen LogP contribution in [0.25, 0.3) is 21.6 Å². The minimum atomic E-state index is -1.08. The average Bonchev–Trinajstić information content (AvgIpc) is 3.22. The molecule has 0 aromatic heterocycles. The first-order valence-electron chi connectivity index (χ1n) is 11.8. The van der Waals surface area contributed by atoms with Crippen molar-refractivity contribution in [1.29, 1.82) is 0 Å². The van der Waals surface area contributed by atoms with E-state index < -0.39 is 5.97 Å². The highest BCUT2D eigenvalue weighted by molar-refractivity contribution is 5.92. The number of anilines is 1. The maximum absolute atomic E-state index is 12.9. The lowest BCUT2D eigenvalue weighted by Crippen LogP contribution is -2.49. The SMILES string of the molecule is Cc1c(N=[N+]=[N-])cc(N2CCN(C(=O)OCC3c4ccccc4-c4ccccc43)CC2)cc1C(=O)O. The maximum atomic E-state index is 12.9. The number of azide groups is 1. The van der Waals surface area contributed by atoms with Gasteiger partial charge in [0.25, 0.3) is 0 Å². The number of amides is 1. The van der Waals surface area contributed by atoms with Gasteiger partial charge in [0, 0.05) is 48.4 Å². The van der Waals surface area contributed by atoms with Crippen LogP contribution in [0.2, 0.25) is 0 Å². The Bertz CT molecular complexity index is 1320. The fourth-order valence-electron chi connectivity index (χ4n) is 5.07.